The number of rotatable bonds is 6. The summed E-state index contributed by atoms with van der Waals surface area (Å²) in [6.07, 6.45) is 17.7. The molecule has 0 bridgehead atoms. The van der Waals surface area contributed by atoms with Crippen LogP contribution in [0.25, 0.3) is 0 Å². The van der Waals surface area contributed by atoms with E-state index in [1.165, 1.54) is 69.5 Å². The maximum atomic E-state index is 3.67. The van der Waals surface area contributed by atoms with Crippen LogP contribution >= 0.6 is 0 Å². The quantitative estimate of drug-likeness (QED) is 0.360. The van der Waals surface area contributed by atoms with Crippen LogP contribution in [0.15, 0.2) is 13.4 Å². The zero-order valence-corrected chi connectivity index (χ0v) is 15.0. The molecule has 0 radical (unpaired) electrons. The van der Waals surface area contributed by atoms with Crippen molar-refractivity contribution in [2.45, 2.75) is 76.5 Å². The summed E-state index contributed by atoms with van der Waals surface area (Å²) in [6.45, 7) is 2.32. The molecule has 0 aliphatic heterocycles. The van der Waals surface area contributed by atoms with Gasteiger partial charge in [0, 0.05) is 0 Å². The van der Waals surface area contributed by atoms with Gasteiger partial charge in [0.15, 0.2) is 0 Å². The van der Waals surface area contributed by atoms with Crippen LogP contribution < -0.4 is 0 Å². The Labute approximate surface area is 125 Å². The molecule has 0 saturated carbocycles. The summed E-state index contributed by atoms with van der Waals surface area (Å²) < 4.78 is 5.52. The monoisotopic (exact) mass is 377 g/mol. The summed E-state index contributed by atoms with van der Waals surface area (Å²) in [5, 5.41) is 1.49. The summed E-state index contributed by atoms with van der Waals surface area (Å²) in [5.74, 6) is 0. The molecule has 0 nitrogen and oxygen atoms in total. The van der Waals surface area contributed by atoms with E-state index in [1.54, 1.807) is 4.47 Å². The normalized spacial score (nSPS) is 21.1. The molecule has 2 aliphatic carbocycles. The van der Waals surface area contributed by atoms with Gasteiger partial charge in [-0.25, -0.2) is 0 Å². The molecule has 0 saturated heterocycles. The Morgan fingerprint density at radius 1 is 1.00 bits per heavy atom. The second-order valence-electron chi connectivity index (χ2n) is 5.16. The Morgan fingerprint density at radius 3 is 2.50 bits per heavy atom. The van der Waals surface area contributed by atoms with E-state index in [2.05, 4.69) is 13.0 Å². The molecule has 0 fully saturated rings. The standard InChI is InChI=1S/C16H25Se2/c1-2-3-13-17-15-11-7-8-12-16(15)18-14-9-5-4-6-10-14/h2-9,11-13H2,1H3/q-1. The van der Waals surface area contributed by atoms with Crippen LogP contribution in [-0.2, 0) is 0 Å². The number of allylic oxidation sites excluding steroid dienone is 4. The van der Waals surface area contributed by atoms with Gasteiger partial charge in [-0.1, -0.05) is 0 Å². The molecule has 0 aromatic heterocycles. The molecule has 0 unspecified atom stereocenters. The number of hydrogen-bond donors (Lipinski definition) is 0. The topological polar surface area (TPSA) is 0 Å². The van der Waals surface area contributed by atoms with Gasteiger partial charge in [-0.05, 0) is 0 Å². The fourth-order valence-electron chi connectivity index (χ4n) is 2.41. The zero-order valence-electron chi connectivity index (χ0n) is 11.6. The third-order valence-corrected chi connectivity index (χ3v) is 9.62. The molecule has 0 N–H and O–H groups in total. The molecule has 2 heteroatoms. The van der Waals surface area contributed by atoms with Gasteiger partial charge in [0.25, 0.3) is 0 Å². The van der Waals surface area contributed by atoms with Crippen LogP contribution in [0.1, 0.15) is 71.1 Å². The minimum absolute atomic E-state index is 0.685. The second-order valence-corrected chi connectivity index (χ2v) is 10.2. The third kappa shape index (κ3) is 4.89. The van der Waals surface area contributed by atoms with E-state index < -0.39 is 0 Å². The van der Waals surface area contributed by atoms with Crippen LogP contribution in [-0.4, -0.2) is 29.9 Å². The predicted molar refractivity (Wildman–Crippen MR) is 81.9 cm³/mol. The SMILES string of the molecule is CCCC[Se]C1=C([Se]C2=[C-]CCCC2)CCCC1. The van der Waals surface area contributed by atoms with Crippen molar-refractivity contribution in [1.29, 1.82) is 0 Å². The average molecular weight is 375 g/mol. The van der Waals surface area contributed by atoms with Crippen molar-refractivity contribution in [3.63, 3.8) is 0 Å². The van der Waals surface area contributed by atoms with Gasteiger partial charge in [0.1, 0.15) is 0 Å². The predicted octanol–water partition coefficient (Wildman–Crippen LogP) is 4.66. The second kappa shape index (κ2) is 8.64. The van der Waals surface area contributed by atoms with Crippen molar-refractivity contribution in [2.75, 3.05) is 0 Å². The van der Waals surface area contributed by atoms with Crippen molar-refractivity contribution >= 4 is 29.9 Å². The minimum atomic E-state index is 0.685. The Morgan fingerprint density at radius 2 is 1.78 bits per heavy atom. The van der Waals surface area contributed by atoms with Crippen LogP contribution in [0.5, 0.6) is 0 Å². The molecule has 18 heavy (non-hydrogen) atoms. The summed E-state index contributed by atoms with van der Waals surface area (Å²) in [4.78, 5) is 0. The maximum absolute atomic E-state index is 3.67. The Kier molecular flexibility index (Phi) is 7.16. The van der Waals surface area contributed by atoms with E-state index >= 15 is 0 Å². The van der Waals surface area contributed by atoms with E-state index in [0.29, 0.717) is 15.0 Å². The van der Waals surface area contributed by atoms with E-state index in [4.69, 9.17) is 0 Å². The molecule has 0 heterocycles. The Bertz CT molecular complexity index is 315. The van der Waals surface area contributed by atoms with Gasteiger partial charge < -0.3 is 0 Å². The Balaban J connectivity index is 1.93. The molecule has 0 atom stereocenters. The summed E-state index contributed by atoms with van der Waals surface area (Å²) in [7, 11) is 0. The summed E-state index contributed by atoms with van der Waals surface area (Å²) in [5.41, 5.74) is 0. The molecular formula is C16H25Se2-. The average Bonchev–Trinajstić information content (AvgIpc) is 2.42. The van der Waals surface area contributed by atoms with Crippen molar-refractivity contribution in [3.8, 4) is 0 Å². The van der Waals surface area contributed by atoms with Crippen molar-refractivity contribution in [1.82, 2.24) is 0 Å². The van der Waals surface area contributed by atoms with Gasteiger partial charge >= 0.3 is 126 Å². The molecule has 2 rings (SSSR count). The Hall–Kier alpha value is 0.519. The molecule has 0 aromatic carbocycles. The molecule has 0 spiro atoms. The molecular weight excluding hydrogens is 350 g/mol. The first-order valence-corrected chi connectivity index (χ1v) is 11.3. The van der Waals surface area contributed by atoms with E-state index in [0.717, 1.165) is 15.0 Å². The first-order valence-electron chi connectivity index (χ1n) is 7.52. The number of unbranched alkanes of at least 4 members (excludes halogenated alkanes) is 1. The van der Waals surface area contributed by atoms with Crippen molar-refractivity contribution in [2.24, 2.45) is 0 Å². The van der Waals surface area contributed by atoms with Gasteiger partial charge in [0.05, 0.1) is 0 Å². The number of hydrogen-bond acceptors (Lipinski definition) is 0. The summed E-state index contributed by atoms with van der Waals surface area (Å²) in [6, 6.07) is 0. The molecule has 102 valence electrons. The molecule has 0 amide bonds. The molecule has 0 aromatic rings. The van der Waals surface area contributed by atoms with Crippen molar-refractivity contribution in [3.05, 3.63) is 19.5 Å². The third-order valence-electron chi connectivity index (χ3n) is 3.54. The van der Waals surface area contributed by atoms with E-state index in [-0.39, 0.29) is 0 Å². The fourth-order valence-corrected chi connectivity index (χ4v) is 8.57. The van der Waals surface area contributed by atoms with Crippen molar-refractivity contribution < 1.29 is 0 Å². The van der Waals surface area contributed by atoms with Crippen LogP contribution in [0.2, 0.25) is 5.32 Å². The first kappa shape index (κ1) is 14.9. The van der Waals surface area contributed by atoms with Crippen LogP contribution in [0.3, 0.4) is 0 Å². The zero-order chi connectivity index (χ0) is 12.6. The van der Waals surface area contributed by atoms with Gasteiger partial charge in [-0.2, -0.15) is 0 Å². The van der Waals surface area contributed by atoms with E-state index in [1.807, 2.05) is 8.94 Å². The van der Waals surface area contributed by atoms with Crippen LogP contribution in [0, 0.1) is 6.08 Å². The van der Waals surface area contributed by atoms with Gasteiger partial charge in [-0.15, -0.1) is 0 Å². The fraction of sp³-hybridized carbons (Fsp3) is 0.750. The van der Waals surface area contributed by atoms with E-state index in [9.17, 15) is 0 Å². The van der Waals surface area contributed by atoms with Gasteiger partial charge in [0.2, 0.25) is 0 Å². The van der Waals surface area contributed by atoms with Gasteiger partial charge in [-0.3, -0.25) is 0 Å². The van der Waals surface area contributed by atoms with Crippen LogP contribution in [0.4, 0.5) is 0 Å². The summed E-state index contributed by atoms with van der Waals surface area (Å²) >= 11 is 1.51. The molecule has 2 aliphatic rings. The first-order chi connectivity index (χ1) is 8.90.